The van der Waals surface area contributed by atoms with E-state index in [-0.39, 0.29) is 17.8 Å². The standard InChI is InChI=1S/C20H20FN5O2S/c1-12-23-24-20-26(12)25-17(14-5-7-15(21)8-6-14)18(29-20)19(27)22-11-13-3-9-16(28-2)10-4-13/h3-10,17-18,25H,11H2,1-2H3,(H,22,27)/t17-,18+/m0/s1. The minimum Gasteiger partial charge on any atom is -0.497 e. The van der Waals surface area contributed by atoms with Crippen molar-refractivity contribution in [2.75, 3.05) is 12.5 Å². The van der Waals surface area contributed by atoms with Crippen LogP contribution in [-0.2, 0) is 11.3 Å². The molecule has 0 bridgehead atoms. The van der Waals surface area contributed by atoms with Crippen molar-refractivity contribution in [1.82, 2.24) is 20.2 Å². The molecule has 0 saturated carbocycles. The van der Waals surface area contributed by atoms with Crippen LogP contribution in [0.5, 0.6) is 5.75 Å². The van der Waals surface area contributed by atoms with E-state index in [1.165, 1.54) is 23.9 Å². The molecular weight excluding hydrogens is 393 g/mol. The van der Waals surface area contributed by atoms with Crippen molar-refractivity contribution in [3.63, 3.8) is 0 Å². The molecule has 2 atom stereocenters. The molecule has 1 aliphatic heterocycles. The maximum absolute atomic E-state index is 13.4. The number of carbonyl (C=O) groups is 1. The molecule has 0 radical (unpaired) electrons. The number of aromatic nitrogens is 3. The molecule has 3 aromatic rings. The van der Waals surface area contributed by atoms with Crippen LogP contribution >= 0.6 is 11.8 Å². The van der Waals surface area contributed by atoms with Crippen LogP contribution in [-0.4, -0.2) is 33.1 Å². The molecule has 9 heteroatoms. The lowest BCUT2D eigenvalue weighted by Gasteiger charge is -2.32. The molecule has 2 aromatic carbocycles. The molecule has 2 N–H and O–H groups in total. The van der Waals surface area contributed by atoms with Crippen molar-refractivity contribution < 1.29 is 13.9 Å². The van der Waals surface area contributed by atoms with Crippen LogP contribution in [0.2, 0.25) is 0 Å². The van der Waals surface area contributed by atoms with E-state index in [1.807, 2.05) is 31.2 Å². The first kappa shape index (κ1) is 19.3. The molecule has 0 aliphatic carbocycles. The van der Waals surface area contributed by atoms with Crippen molar-refractivity contribution in [1.29, 1.82) is 0 Å². The number of ether oxygens (including phenoxy) is 1. The Hall–Kier alpha value is -3.07. The third kappa shape index (κ3) is 4.04. The van der Waals surface area contributed by atoms with Crippen molar-refractivity contribution in [2.24, 2.45) is 0 Å². The van der Waals surface area contributed by atoms with E-state index in [4.69, 9.17) is 4.74 Å². The number of nitrogens with zero attached hydrogens (tertiary/aromatic N) is 3. The normalized spacial score (nSPS) is 17.9. The Morgan fingerprint density at radius 1 is 1.21 bits per heavy atom. The fourth-order valence-electron chi connectivity index (χ4n) is 3.11. The molecule has 1 amide bonds. The van der Waals surface area contributed by atoms with Crippen LogP contribution in [0.25, 0.3) is 0 Å². The summed E-state index contributed by atoms with van der Waals surface area (Å²) in [5.74, 6) is 0.994. The summed E-state index contributed by atoms with van der Waals surface area (Å²) in [4.78, 5) is 13.0. The average Bonchev–Trinajstić information content (AvgIpc) is 3.12. The van der Waals surface area contributed by atoms with Gasteiger partial charge in [0.2, 0.25) is 11.1 Å². The molecule has 150 valence electrons. The molecule has 0 unspecified atom stereocenters. The lowest BCUT2D eigenvalue weighted by Crippen LogP contribution is -2.44. The van der Waals surface area contributed by atoms with Gasteiger partial charge in [-0.15, -0.1) is 10.2 Å². The Morgan fingerprint density at radius 3 is 2.62 bits per heavy atom. The van der Waals surface area contributed by atoms with Crippen LogP contribution in [0.1, 0.15) is 23.0 Å². The van der Waals surface area contributed by atoms with Gasteiger partial charge in [0, 0.05) is 6.54 Å². The fraction of sp³-hybridized carbons (Fsp3) is 0.250. The number of rotatable bonds is 5. The van der Waals surface area contributed by atoms with E-state index in [0.717, 1.165) is 16.9 Å². The van der Waals surface area contributed by atoms with Gasteiger partial charge >= 0.3 is 0 Å². The highest BCUT2D eigenvalue weighted by Gasteiger charge is 2.37. The highest BCUT2D eigenvalue weighted by molar-refractivity contribution is 8.00. The molecular formula is C20H20FN5O2S. The van der Waals surface area contributed by atoms with Gasteiger partial charge in [-0.2, -0.15) is 0 Å². The van der Waals surface area contributed by atoms with Gasteiger partial charge in [0.25, 0.3) is 0 Å². The monoisotopic (exact) mass is 413 g/mol. The molecule has 2 heterocycles. The first-order valence-electron chi connectivity index (χ1n) is 9.06. The summed E-state index contributed by atoms with van der Waals surface area (Å²) in [7, 11) is 1.61. The summed E-state index contributed by atoms with van der Waals surface area (Å²) in [6.07, 6.45) is 0. The number of halogens is 1. The largest absolute Gasteiger partial charge is 0.497 e. The number of methoxy groups -OCH3 is 1. The predicted molar refractivity (Wildman–Crippen MR) is 108 cm³/mol. The van der Waals surface area contributed by atoms with Gasteiger partial charge in [-0.3, -0.25) is 4.79 Å². The van der Waals surface area contributed by atoms with E-state index in [9.17, 15) is 9.18 Å². The summed E-state index contributed by atoms with van der Waals surface area (Å²) in [6.45, 7) is 2.22. The highest BCUT2D eigenvalue weighted by atomic mass is 32.2. The van der Waals surface area contributed by atoms with Crippen LogP contribution in [0.15, 0.2) is 53.7 Å². The van der Waals surface area contributed by atoms with Gasteiger partial charge in [0.05, 0.1) is 13.2 Å². The average molecular weight is 413 g/mol. The Labute approximate surface area is 171 Å². The number of hydrogen-bond donors (Lipinski definition) is 2. The minimum absolute atomic E-state index is 0.139. The molecule has 0 saturated heterocycles. The maximum Gasteiger partial charge on any atom is 0.236 e. The zero-order valence-electron chi connectivity index (χ0n) is 15.9. The number of carbonyl (C=O) groups excluding carboxylic acids is 1. The van der Waals surface area contributed by atoms with E-state index >= 15 is 0 Å². The Bertz CT molecular complexity index is 1010. The minimum atomic E-state index is -0.491. The number of thioether (sulfide) groups is 1. The van der Waals surface area contributed by atoms with Crippen LogP contribution in [0.4, 0.5) is 4.39 Å². The number of hydrogen-bond acceptors (Lipinski definition) is 6. The molecule has 7 nitrogen and oxygen atoms in total. The van der Waals surface area contributed by atoms with Crippen molar-refractivity contribution in [3.8, 4) is 5.75 Å². The SMILES string of the molecule is COc1ccc(CNC(=O)[C@@H]2Sc3nnc(C)n3N[C@H]2c2ccc(F)cc2)cc1. The fourth-order valence-corrected chi connectivity index (χ4v) is 4.26. The van der Waals surface area contributed by atoms with Crippen LogP contribution < -0.4 is 15.5 Å². The van der Waals surface area contributed by atoms with Crippen LogP contribution in [0, 0.1) is 12.7 Å². The summed E-state index contributed by atoms with van der Waals surface area (Å²) in [5.41, 5.74) is 5.07. The lowest BCUT2D eigenvalue weighted by molar-refractivity contribution is -0.121. The van der Waals surface area contributed by atoms with E-state index in [1.54, 1.807) is 23.9 Å². The third-order valence-corrected chi connectivity index (χ3v) is 5.93. The quantitative estimate of drug-likeness (QED) is 0.670. The van der Waals surface area contributed by atoms with Gasteiger partial charge in [0.15, 0.2) is 0 Å². The summed E-state index contributed by atoms with van der Waals surface area (Å²) >= 11 is 1.34. The second kappa shape index (κ2) is 8.12. The first-order chi connectivity index (χ1) is 14.0. The molecule has 4 rings (SSSR count). The Kier molecular flexibility index (Phi) is 5.39. The summed E-state index contributed by atoms with van der Waals surface area (Å²) in [6, 6.07) is 13.3. The summed E-state index contributed by atoms with van der Waals surface area (Å²) in [5, 5.41) is 11.3. The second-order valence-corrected chi connectivity index (χ2v) is 7.74. The molecule has 1 aliphatic rings. The second-order valence-electron chi connectivity index (χ2n) is 6.63. The van der Waals surface area contributed by atoms with E-state index in [2.05, 4.69) is 20.9 Å². The number of fused-ring (bicyclic) bond motifs is 1. The topological polar surface area (TPSA) is 81.1 Å². The van der Waals surface area contributed by atoms with Crippen molar-refractivity contribution in [3.05, 3.63) is 71.3 Å². The molecule has 1 aromatic heterocycles. The molecule has 0 spiro atoms. The number of benzene rings is 2. The Morgan fingerprint density at radius 2 is 1.93 bits per heavy atom. The Balaban J connectivity index is 1.54. The number of nitrogens with one attached hydrogen (secondary N) is 2. The third-order valence-electron chi connectivity index (χ3n) is 4.71. The molecule has 0 fully saturated rings. The van der Waals surface area contributed by atoms with Crippen molar-refractivity contribution in [2.45, 2.75) is 29.9 Å². The van der Waals surface area contributed by atoms with Gasteiger partial charge in [-0.1, -0.05) is 36.0 Å². The smallest absolute Gasteiger partial charge is 0.236 e. The maximum atomic E-state index is 13.4. The zero-order valence-corrected chi connectivity index (χ0v) is 16.7. The lowest BCUT2D eigenvalue weighted by atomic mass is 10.0. The first-order valence-corrected chi connectivity index (χ1v) is 9.94. The zero-order chi connectivity index (χ0) is 20.4. The van der Waals surface area contributed by atoms with Crippen molar-refractivity contribution >= 4 is 17.7 Å². The van der Waals surface area contributed by atoms with Gasteiger partial charge in [-0.25, -0.2) is 9.07 Å². The molecule has 29 heavy (non-hydrogen) atoms. The van der Waals surface area contributed by atoms with Gasteiger partial charge in [-0.05, 0) is 42.3 Å². The number of aryl methyl sites for hydroxylation is 1. The summed E-state index contributed by atoms with van der Waals surface area (Å²) < 4.78 is 20.3. The van der Waals surface area contributed by atoms with E-state index in [0.29, 0.717) is 17.5 Å². The van der Waals surface area contributed by atoms with Crippen LogP contribution in [0.3, 0.4) is 0 Å². The van der Waals surface area contributed by atoms with Gasteiger partial charge in [0.1, 0.15) is 22.6 Å². The van der Waals surface area contributed by atoms with E-state index < -0.39 is 5.25 Å². The highest BCUT2D eigenvalue weighted by Crippen LogP contribution is 2.37. The van der Waals surface area contributed by atoms with Gasteiger partial charge < -0.3 is 15.5 Å². The predicted octanol–water partition coefficient (Wildman–Crippen LogP) is 2.81. The number of amides is 1.